The Bertz CT molecular complexity index is 674. The van der Waals surface area contributed by atoms with Crippen molar-refractivity contribution in [2.45, 2.75) is 0 Å². The number of nitrogens with two attached hydrogens (primary N) is 2. The van der Waals surface area contributed by atoms with Crippen molar-refractivity contribution >= 4 is 22.5 Å². The van der Waals surface area contributed by atoms with Gasteiger partial charge in [0.05, 0.1) is 16.9 Å². The van der Waals surface area contributed by atoms with Crippen molar-refractivity contribution in [2.24, 2.45) is 0 Å². The molecule has 3 heterocycles. The summed E-state index contributed by atoms with van der Waals surface area (Å²) in [5, 5.41) is 6.76. The van der Waals surface area contributed by atoms with Crippen LogP contribution in [-0.2, 0) is 0 Å². The first kappa shape index (κ1) is 9.59. The molecule has 0 radical (unpaired) electrons. The number of aromatic nitrogens is 4. The maximum Gasteiger partial charge on any atom is 0.126 e. The van der Waals surface area contributed by atoms with Crippen LogP contribution in [0.1, 0.15) is 0 Å². The Morgan fingerprint density at radius 1 is 1.18 bits per heavy atom. The van der Waals surface area contributed by atoms with Crippen LogP contribution in [0.5, 0.6) is 0 Å². The van der Waals surface area contributed by atoms with Crippen molar-refractivity contribution in [3.8, 4) is 11.3 Å². The molecule has 0 saturated heterocycles. The van der Waals surface area contributed by atoms with Crippen LogP contribution in [0.25, 0.3) is 22.3 Å². The molecule has 0 aliphatic heterocycles. The SMILES string of the molecule is Nc1cc(N)c2ncc(-c3ccn[nH]3)cc2n1. The van der Waals surface area contributed by atoms with Gasteiger partial charge in [-0.25, -0.2) is 4.98 Å². The van der Waals surface area contributed by atoms with Crippen LogP contribution in [0.15, 0.2) is 30.6 Å². The number of fused-ring (bicyclic) bond motifs is 1. The molecule has 3 aromatic rings. The van der Waals surface area contributed by atoms with E-state index in [2.05, 4.69) is 20.2 Å². The molecule has 84 valence electrons. The number of hydrogen-bond acceptors (Lipinski definition) is 5. The number of nitrogens with one attached hydrogen (secondary N) is 1. The second kappa shape index (κ2) is 3.44. The second-order valence-corrected chi connectivity index (χ2v) is 3.70. The van der Waals surface area contributed by atoms with E-state index in [0.29, 0.717) is 22.5 Å². The Morgan fingerprint density at radius 3 is 2.82 bits per heavy atom. The van der Waals surface area contributed by atoms with E-state index in [4.69, 9.17) is 11.5 Å². The average molecular weight is 226 g/mol. The normalized spacial score (nSPS) is 10.8. The zero-order chi connectivity index (χ0) is 11.8. The van der Waals surface area contributed by atoms with Crippen LogP contribution < -0.4 is 11.5 Å². The van der Waals surface area contributed by atoms with Crippen LogP contribution in [-0.4, -0.2) is 20.2 Å². The highest BCUT2D eigenvalue weighted by molar-refractivity contribution is 5.90. The molecule has 0 saturated carbocycles. The van der Waals surface area contributed by atoms with E-state index in [1.54, 1.807) is 18.5 Å². The van der Waals surface area contributed by atoms with Gasteiger partial charge >= 0.3 is 0 Å². The number of nitrogens with zero attached hydrogens (tertiary/aromatic N) is 3. The summed E-state index contributed by atoms with van der Waals surface area (Å²) < 4.78 is 0. The Hall–Kier alpha value is -2.63. The van der Waals surface area contributed by atoms with Crippen molar-refractivity contribution in [1.29, 1.82) is 0 Å². The zero-order valence-electron chi connectivity index (χ0n) is 8.88. The largest absolute Gasteiger partial charge is 0.397 e. The second-order valence-electron chi connectivity index (χ2n) is 3.70. The standard InChI is InChI=1S/C11H10N6/c12-7-4-10(13)16-9-3-6(5-14-11(7)9)8-1-2-15-17-8/h1-5H,(H,15,17)(H4,12,13,16). The molecular weight excluding hydrogens is 216 g/mol. The molecule has 5 N–H and O–H groups in total. The third-order valence-electron chi connectivity index (χ3n) is 2.51. The average Bonchev–Trinajstić information content (AvgIpc) is 2.81. The Kier molecular flexibility index (Phi) is 1.94. The maximum absolute atomic E-state index is 5.82. The van der Waals surface area contributed by atoms with Crippen LogP contribution in [0.3, 0.4) is 0 Å². The molecule has 6 nitrogen and oxygen atoms in total. The molecule has 6 heteroatoms. The molecule has 0 fully saturated rings. The number of H-pyrrole nitrogens is 1. The molecule has 0 aromatic carbocycles. The van der Waals surface area contributed by atoms with E-state index in [1.807, 2.05) is 12.1 Å². The lowest BCUT2D eigenvalue weighted by atomic mass is 10.2. The number of nitrogen functional groups attached to an aromatic ring is 2. The molecular formula is C11H10N6. The molecule has 3 aromatic heterocycles. The summed E-state index contributed by atoms with van der Waals surface area (Å²) in [5.41, 5.74) is 15.1. The lowest BCUT2D eigenvalue weighted by Gasteiger charge is -2.04. The van der Waals surface area contributed by atoms with E-state index in [0.717, 1.165) is 11.3 Å². The van der Waals surface area contributed by atoms with Gasteiger partial charge in [-0.2, -0.15) is 5.10 Å². The van der Waals surface area contributed by atoms with Crippen LogP contribution in [0, 0.1) is 0 Å². The van der Waals surface area contributed by atoms with Crippen molar-refractivity contribution in [1.82, 2.24) is 20.2 Å². The smallest absolute Gasteiger partial charge is 0.126 e. The molecule has 0 spiro atoms. The Morgan fingerprint density at radius 2 is 2.06 bits per heavy atom. The summed E-state index contributed by atoms with van der Waals surface area (Å²) in [6.07, 6.45) is 3.41. The van der Waals surface area contributed by atoms with Gasteiger partial charge < -0.3 is 11.5 Å². The first-order chi connectivity index (χ1) is 8.24. The van der Waals surface area contributed by atoms with Gasteiger partial charge in [0.1, 0.15) is 11.3 Å². The monoisotopic (exact) mass is 226 g/mol. The van der Waals surface area contributed by atoms with Gasteiger partial charge in [-0.1, -0.05) is 0 Å². The summed E-state index contributed by atoms with van der Waals surface area (Å²) in [4.78, 5) is 8.49. The van der Waals surface area contributed by atoms with Gasteiger partial charge in [0.25, 0.3) is 0 Å². The van der Waals surface area contributed by atoms with Crippen molar-refractivity contribution < 1.29 is 0 Å². The van der Waals surface area contributed by atoms with Gasteiger partial charge in [0.15, 0.2) is 0 Å². The van der Waals surface area contributed by atoms with Gasteiger partial charge in [0, 0.05) is 24.0 Å². The molecule has 0 aliphatic rings. The van der Waals surface area contributed by atoms with Gasteiger partial charge in [0.2, 0.25) is 0 Å². The third-order valence-corrected chi connectivity index (χ3v) is 2.51. The molecule has 0 amide bonds. The van der Waals surface area contributed by atoms with Crippen LogP contribution in [0.2, 0.25) is 0 Å². The molecule has 0 aliphatic carbocycles. The lowest BCUT2D eigenvalue weighted by molar-refractivity contribution is 1.09. The first-order valence-electron chi connectivity index (χ1n) is 5.05. The third kappa shape index (κ3) is 1.55. The van der Waals surface area contributed by atoms with E-state index >= 15 is 0 Å². The van der Waals surface area contributed by atoms with E-state index < -0.39 is 0 Å². The minimum atomic E-state index is 0.388. The summed E-state index contributed by atoms with van der Waals surface area (Å²) in [6.45, 7) is 0. The summed E-state index contributed by atoms with van der Waals surface area (Å²) in [5.74, 6) is 0.388. The Balaban J connectivity index is 2.26. The van der Waals surface area contributed by atoms with Gasteiger partial charge in [-0.3, -0.25) is 10.1 Å². The fraction of sp³-hybridized carbons (Fsp3) is 0. The topological polar surface area (TPSA) is 107 Å². The lowest BCUT2D eigenvalue weighted by Crippen LogP contribution is -1.97. The minimum Gasteiger partial charge on any atom is -0.397 e. The number of pyridine rings is 2. The van der Waals surface area contributed by atoms with E-state index in [1.165, 1.54) is 0 Å². The van der Waals surface area contributed by atoms with E-state index in [-0.39, 0.29) is 0 Å². The number of hydrogen-bond donors (Lipinski definition) is 3. The van der Waals surface area contributed by atoms with Gasteiger partial charge in [-0.05, 0) is 12.1 Å². The quantitative estimate of drug-likeness (QED) is 0.577. The molecule has 3 rings (SSSR count). The predicted molar refractivity (Wildman–Crippen MR) is 65.9 cm³/mol. The molecule has 0 bridgehead atoms. The van der Waals surface area contributed by atoms with Crippen molar-refractivity contribution in [3.05, 3.63) is 30.6 Å². The van der Waals surface area contributed by atoms with Crippen LogP contribution in [0.4, 0.5) is 11.5 Å². The van der Waals surface area contributed by atoms with Gasteiger partial charge in [-0.15, -0.1) is 0 Å². The molecule has 17 heavy (non-hydrogen) atoms. The highest BCUT2D eigenvalue weighted by Gasteiger charge is 2.06. The van der Waals surface area contributed by atoms with Crippen molar-refractivity contribution in [2.75, 3.05) is 11.5 Å². The summed E-state index contributed by atoms with van der Waals surface area (Å²) in [7, 11) is 0. The summed E-state index contributed by atoms with van der Waals surface area (Å²) >= 11 is 0. The Labute approximate surface area is 96.7 Å². The predicted octanol–water partition coefficient (Wildman–Crippen LogP) is 1.18. The fourth-order valence-electron chi connectivity index (χ4n) is 1.72. The number of rotatable bonds is 1. The van der Waals surface area contributed by atoms with Crippen molar-refractivity contribution in [3.63, 3.8) is 0 Å². The summed E-state index contributed by atoms with van der Waals surface area (Å²) in [6, 6.07) is 5.34. The maximum atomic E-state index is 5.82. The highest BCUT2D eigenvalue weighted by Crippen LogP contribution is 2.24. The fourth-order valence-corrected chi connectivity index (χ4v) is 1.72. The zero-order valence-corrected chi connectivity index (χ0v) is 8.88. The van der Waals surface area contributed by atoms with Crippen LogP contribution >= 0.6 is 0 Å². The first-order valence-corrected chi connectivity index (χ1v) is 5.05. The number of aromatic amines is 1. The minimum absolute atomic E-state index is 0.388. The van der Waals surface area contributed by atoms with E-state index in [9.17, 15) is 0 Å². The molecule has 0 atom stereocenters. The number of anilines is 2. The molecule has 0 unspecified atom stereocenters. The highest BCUT2D eigenvalue weighted by atomic mass is 15.1.